The van der Waals surface area contributed by atoms with Crippen molar-refractivity contribution in [2.75, 3.05) is 24.9 Å². The maximum Gasteiger partial charge on any atom is 0.377 e. The normalized spacial score (nSPS) is 15.1. The molecule has 0 radical (unpaired) electrons. The van der Waals surface area contributed by atoms with Gasteiger partial charge in [-0.05, 0) is 42.2 Å². The van der Waals surface area contributed by atoms with Crippen LogP contribution in [-0.2, 0) is 20.7 Å². The number of amides is 1. The van der Waals surface area contributed by atoms with Crippen molar-refractivity contribution in [2.45, 2.75) is 38.8 Å². The molecule has 4 atom stereocenters. The van der Waals surface area contributed by atoms with E-state index in [1.807, 2.05) is 60.9 Å². The number of nitrogens with one attached hydrogen (secondary N) is 1. The Balaban J connectivity index is 2.97. The van der Waals surface area contributed by atoms with Crippen molar-refractivity contribution in [2.24, 2.45) is 23.5 Å². The van der Waals surface area contributed by atoms with E-state index >= 15 is 0 Å². The van der Waals surface area contributed by atoms with Crippen LogP contribution in [0.15, 0.2) is 54.6 Å². The number of hydrogen-bond acceptors (Lipinski definition) is 8. The number of aliphatic carboxylic acids is 1. The van der Waals surface area contributed by atoms with Crippen LogP contribution in [0.1, 0.15) is 25.8 Å². The number of benzene rings is 1. The van der Waals surface area contributed by atoms with Gasteiger partial charge in [-0.25, -0.2) is 9.59 Å². The Labute approximate surface area is 226 Å². The van der Waals surface area contributed by atoms with Crippen molar-refractivity contribution < 1.29 is 24.2 Å². The third-order valence-electron chi connectivity index (χ3n) is 5.33. The van der Waals surface area contributed by atoms with Gasteiger partial charge in [0.2, 0.25) is 5.91 Å². The third-order valence-corrected chi connectivity index (χ3v) is 8.09. The van der Waals surface area contributed by atoms with Gasteiger partial charge in [0.15, 0.2) is 0 Å². The summed E-state index contributed by atoms with van der Waals surface area (Å²) in [6.45, 7) is 4.17. The highest BCUT2D eigenvalue weighted by atomic mass is 33.1. The summed E-state index contributed by atoms with van der Waals surface area (Å²) < 4.78 is 4.60. The van der Waals surface area contributed by atoms with Crippen molar-refractivity contribution in [3.63, 3.8) is 0 Å². The lowest BCUT2D eigenvalue weighted by Gasteiger charge is -2.20. The second-order valence-electron chi connectivity index (χ2n) is 8.55. The minimum Gasteiger partial charge on any atom is -0.480 e. The van der Waals surface area contributed by atoms with Gasteiger partial charge in [0.1, 0.15) is 6.04 Å². The maximum absolute atomic E-state index is 13.2. The molecular weight excluding hydrogens is 516 g/mol. The molecule has 0 spiro atoms. The summed E-state index contributed by atoms with van der Waals surface area (Å²) in [6.07, 6.45) is 10.5. The number of carboxylic acid groups (broad SMARTS) is 1. The predicted molar refractivity (Wildman–Crippen MR) is 153 cm³/mol. The number of rotatable bonds is 16. The van der Waals surface area contributed by atoms with Gasteiger partial charge in [-0.2, -0.15) is 11.8 Å². The lowest BCUT2D eigenvalue weighted by atomic mass is 9.91. The van der Waals surface area contributed by atoms with Gasteiger partial charge >= 0.3 is 11.3 Å². The number of methoxy groups -OCH3 is 1. The number of allylic oxidation sites excluding steroid dienone is 2. The molecule has 1 amide bonds. The number of ether oxygens (including phenoxy) is 1. The average Bonchev–Trinajstić information content (AvgIpc) is 2.85. The number of carbonyl (C=O) groups is 3. The highest BCUT2D eigenvalue weighted by molar-refractivity contribution is 8.82. The highest BCUT2D eigenvalue weighted by Gasteiger charge is 2.24. The standard InChI is InChI=1S/C26H38N2O5S3/c1-18(2)20(12-13-22(27)17-35-36-26(32)33-3)10-11-21(16-19-8-6-5-7-9-19)24(29)28-23(25(30)31)14-15-34-4/h5-13,18,20-23H,14-17,27H2,1-4H3,(H,28,29)(H,30,31)/b11-10+,13-12+/t20-,21-,22+,23-/m0/s1. The number of nitrogens with two attached hydrogens (primary N) is 1. The van der Waals surface area contributed by atoms with Crippen molar-refractivity contribution in [3.05, 3.63) is 60.2 Å². The number of hydrogen-bond donors (Lipinski definition) is 3. The lowest BCUT2D eigenvalue weighted by molar-refractivity contribution is -0.142. The monoisotopic (exact) mass is 554 g/mol. The van der Waals surface area contributed by atoms with E-state index in [0.717, 1.165) is 16.4 Å². The second-order valence-corrected chi connectivity index (χ2v) is 11.8. The summed E-state index contributed by atoms with van der Waals surface area (Å²) in [5.74, 6) is -0.353. The topological polar surface area (TPSA) is 119 Å². The zero-order valence-electron chi connectivity index (χ0n) is 21.3. The number of carboxylic acids is 1. The molecule has 7 nitrogen and oxygen atoms in total. The van der Waals surface area contributed by atoms with E-state index in [9.17, 15) is 19.5 Å². The molecule has 10 heteroatoms. The summed E-state index contributed by atoms with van der Waals surface area (Å²) in [5, 5.41) is 11.9. The molecule has 0 bridgehead atoms. The van der Waals surface area contributed by atoms with E-state index in [0.29, 0.717) is 24.3 Å². The van der Waals surface area contributed by atoms with Crippen LogP contribution in [0.4, 0.5) is 4.79 Å². The molecule has 36 heavy (non-hydrogen) atoms. The van der Waals surface area contributed by atoms with E-state index in [-0.39, 0.29) is 29.1 Å². The van der Waals surface area contributed by atoms with Gasteiger partial charge in [0.05, 0.1) is 13.0 Å². The molecule has 1 aromatic carbocycles. The lowest BCUT2D eigenvalue weighted by Crippen LogP contribution is -2.44. The van der Waals surface area contributed by atoms with Crippen molar-refractivity contribution >= 4 is 50.5 Å². The largest absolute Gasteiger partial charge is 0.480 e. The zero-order valence-corrected chi connectivity index (χ0v) is 23.7. The molecule has 0 unspecified atom stereocenters. The van der Waals surface area contributed by atoms with E-state index in [4.69, 9.17) is 5.73 Å². The molecular formula is C26H38N2O5S3. The minimum atomic E-state index is -1.03. The molecule has 4 N–H and O–H groups in total. The Morgan fingerprint density at radius 2 is 1.78 bits per heavy atom. The minimum absolute atomic E-state index is 0.0344. The molecule has 0 aliphatic carbocycles. The molecule has 200 valence electrons. The van der Waals surface area contributed by atoms with Crippen molar-refractivity contribution in [3.8, 4) is 0 Å². The molecule has 1 aromatic rings. The number of thioether (sulfide) groups is 1. The average molecular weight is 555 g/mol. The Kier molecular flexibility index (Phi) is 16.4. The summed E-state index contributed by atoms with van der Waals surface area (Å²) >= 11 is 1.55. The van der Waals surface area contributed by atoms with Gasteiger partial charge in [-0.1, -0.05) is 79.3 Å². The van der Waals surface area contributed by atoms with Crippen LogP contribution >= 0.6 is 33.3 Å². The molecule has 0 heterocycles. The molecule has 0 aliphatic rings. The quantitative estimate of drug-likeness (QED) is 0.147. The Bertz CT molecular complexity index is 864. The summed E-state index contributed by atoms with van der Waals surface area (Å²) in [7, 11) is 3.69. The van der Waals surface area contributed by atoms with Crippen LogP contribution in [0.25, 0.3) is 0 Å². The van der Waals surface area contributed by atoms with Crippen LogP contribution in [-0.4, -0.2) is 59.2 Å². The van der Waals surface area contributed by atoms with Gasteiger partial charge in [0, 0.05) is 22.6 Å². The first-order valence-corrected chi connectivity index (χ1v) is 15.4. The predicted octanol–water partition coefficient (Wildman–Crippen LogP) is 5.03. The zero-order chi connectivity index (χ0) is 26.9. The number of carbonyl (C=O) groups excluding carboxylic acids is 2. The summed E-state index contributed by atoms with van der Waals surface area (Å²) in [5.41, 5.74) is 7.16. The molecule has 0 saturated heterocycles. The molecule has 1 rings (SSSR count). The second kappa shape index (κ2) is 18.4. The van der Waals surface area contributed by atoms with Gasteiger partial charge in [0.25, 0.3) is 0 Å². The summed E-state index contributed by atoms with van der Waals surface area (Å²) in [6, 6.07) is 8.52. The van der Waals surface area contributed by atoms with Crippen LogP contribution in [0.5, 0.6) is 0 Å². The first-order chi connectivity index (χ1) is 17.2. The maximum atomic E-state index is 13.2. The Hall–Kier alpha value is -1.88. The molecule has 0 saturated carbocycles. The van der Waals surface area contributed by atoms with E-state index in [2.05, 4.69) is 23.9 Å². The highest BCUT2D eigenvalue weighted by Crippen LogP contribution is 2.24. The van der Waals surface area contributed by atoms with Crippen LogP contribution in [0, 0.1) is 17.8 Å². The Morgan fingerprint density at radius 1 is 1.11 bits per heavy atom. The SMILES string of the molecule is COC(=O)SSC[C@H](N)/C=C/[C@H](/C=C/[C@@H](Cc1ccccc1)C(=O)N[C@@H](CCSC)C(=O)O)C(C)C. The fourth-order valence-electron chi connectivity index (χ4n) is 3.18. The van der Waals surface area contributed by atoms with Crippen LogP contribution in [0.2, 0.25) is 0 Å². The molecule has 0 fully saturated rings. The van der Waals surface area contributed by atoms with Gasteiger partial charge < -0.3 is 20.9 Å². The van der Waals surface area contributed by atoms with Crippen LogP contribution in [0.3, 0.4) is 0 Å². The molecule has 0 aliphatic heterocycles. The summed E-state index contributed by atoms with van der Waals surface area (Å²) in [4.78, 5) is 36.0. The Morgan fingerprint density at radius 3 is 2.36 bits per heavy atom. The third kappa shape index (κ3) is 13.4. The van der Waals surface area contributed by atoms with Crippen molar-refractivity contribution in [1.82, 2.24) is 5.32 Å². The first kappa shape index (κ1) is 32.1. The van der Waals surface area contributed by atoms with Gasteiger partial charge in [-0.3, -0.25) is 4.79 Å². The first-order valence-electron chi connectivity index (χ1n) is 11.7. The van der Waals surface area contributed by atoms with E-state index < -0.39 is 17.9 Å². The fraction of sp³-hybridized carbons (Fsp3) is 0.500. The smallest absolute Gasteiger partial charge is 0.377 e. The van der Waals surface area contributed by atoms with Crippen LogP contribution < -0.4 is 11.1 Å². The molecule has 0 aromatic heterocycles. The fourth-order valence-corrected chi connectivity index (χ4v) is 5.32. The van der Waals surface area contributed by atoms with Crippen molar-refractivity contribution in [1.29, 1.82) is 0 Å². The van der Waals surface area contributed by atoms with E-state index in [1.54, 1.807) is 11.8 Å². The van der Waals surface area contributed by atoms with E-state index in [1.165, 1.54) is 17.9 Å². The van der Waals surface area contributed by atoms with Gasteiger partial charge in [-0.15, -0.1) is 0 Å².